The van der Waals surface area contributed by atoms with Gasteiger partial charge in [0.05, 0.1) is 17.7 Å². The van der Waals surface area contributed by atoms with Gasteiger partial charge in [-0.3, -0.25) is 19.3 Å². The second kappa shape index (κ2) is 13.8. The fourth-order valence-corrected chi connectivity index (χ4v) is 6.13. The number of carbonyl (C=O) groups is 4. The van der Waals surface area contributed by atoms with Crippen LogP contribution in [0.2, 0.25) is 5.02 Å². The van der Waals surface area contributed by atoms with Gasteiger partial charge in [-0.05, 0) is 47.4 Å². The Kier molecular flexibility index (Phi) is 9.64. The minimum Gasteiger partial charge on any atom is -0.467 e. The molecule has 230 valence electrons. The Hall–Kier alpha value is -4.95. The molecule has 5 rings (SSSR count). The molecule has 45 heavy (non-hydrogen) atoms. The number of aryl methyl sites for hydroxylation is 1. The molecule has 8 nitrogen and oxygen atoms in total. The minimum atomic E-state index is -0.974. The highest BCUT2D eigenvalue weighted by atomic mass is 35.5. The highest BCUT2D eigenvalue weighted by Gasteiger charge is 2.48. The van der Waals surface area contributed by atoms with E-state index in [0.717, 1.165) is 16.7 Å². The van der Waals surface area contributed by atoms with Crippen LogP contribution in [0.4, 0.5) is 5.69 Å². The maximum atomic E-state index is 14.1. The van der Waals surface area contributed by atoms with E-state index in [-0.39, 0.29) is 23.3 Å². The number of amides is 3. The van der Waals surface area contributed by atoms with Crippen molar-refractivity contribution in [2.24, 2.45) is 0 Å². The number of hydrogen-bond donors (Lipinski definition) is 1. The summed E-state index contributed by atoms with van der Waals surface area (Å²) in [6, 6.07) is 29.8. The largest absolute Gasteiger partial charge is 0.467 e. The van der Waals surface area contributed by atoms with Gasteiger partial charge in [-0.1, -0.05) is 96.5 Å². The summed E-state index contributed by atoms with van der Waals surface area (Å²) in [6.07, 6.45) is -0.117. The highest BCUT2D eigenvalue weighted by molar-refractivity contribution is 6.34. The molecule has 2 unspecified atom stereocenters. The van der Waals surface area contributed by atoms with E-state index in [9.17, 15) is 19.2 Å². The maximum absolute atomic E-state index is 14.1. The van der Waals surface area contributed by atoms with Gasteiger partial charge in [0.15, 0.2) is 0 Å². The maximum Gasteiger partial charge on any atom is 0.328 e. The number of nitrogens with one attached hydrogen (secondary N) is 1. The first-order chi connectivity index (χ1) is 21.7. The quantitative estimate of drug-likeness (QED) is 0.243. The summed E-state index contributed by atoms with van der Waals surface area (Å²) in [5.74, 6) is -1.47. The SMILES string of the molecule is COC(=O)[C@H](Cc1ccc(N2C(=O)C(Cc3ccccc3)N(C(C)=O)C2c2ccccc2)cc1)NC(=O)c1c(C)cccc1Cl. The van der Waals surface area contributed by atoms with E-state index in [0.29, 0.717) is 23.2 Å². The van der Waals surface area contributed by atoms with E-state index in [1.165, 1.54) is 14.0 Å². The molecule has 0 aliphatic carbocycles. The van der Waals surface area contributed by atoms with Crippen molar-refractivity contribution in [1.29, 1.82) is 0 Å². The Morgan fingerprint density at radius 3 is 2.11 bits per heavy atom. The van der Waals surface area contributed by atoms with Crippen molar-refractivity contribution >= 4 is 41.0 Å². The summed E-state index contributed by atoms with van der Waals surface area (Å²) in [5, 5.41) is 3.05. The predicted molar refractivity (Wildman–Crippen MR) is 173 cm³/mol. The van der Waals surface area contributed by atoms with Crippen molar-refractivity contribution in [1.82, 2.24) is 10.2 Å². The Balaban J connectivity index is 1.44. The topological polar surface area (TPSA) is 96.0 Å². The highest BCUT2D eigenvalue weighted by Crippen LogP contribution is 2.39. The van der Waals surface area contributed by atoms with Crippen LogP contribution in [0.25, 0.3) is 0 Å². The molecule has 4 aromatic rings. The lowest BCUT2D eigenvalue weighted by Crippen LogP contribution is -2.43. The Morgan fingerprint density at radius 1 is 0.867 bits per heavy atom. The third kappa shape index (κ3) is 6.76. The van der Waals surface area contributed by atoms with Crippen molar-refractivity contribution in [2.45, 2.75) is 44.9 Å². The number of benzene rings is 4. The molecule has 1 heterocycles. The number of esters is 1. The Morgan fingerprint density at radius 2 is 1.51 bits per heavy atom. The Labute approximate surface area is 267 Å². The lowest BCUT2D eigenvalue weighted by molar-refractivity contribution is -0.142. The first-order valence-corrected chi connectivity index (χ1v) is 15.0. The van der Waals surface area contributed by atoms with Gasteiger partial charge >= 0.3 is 5.97 Å². The van der Waals surface area contributed by atoms with Crippen LogP contribution in [-0.4, -0.2) is 47.8 Å². The number of hydrogen-bond acceptors (Lipinski definition) is 5. The second-order valence-electron chi connectivity index (χ2n) is 11.0. The van der Waals surface area contributed by atoms with Crippen LogP contribution < -0.4 is 10.2 Å². The van der Waals surface area contributed by atoms with E-state index in [4.69, 9.17) is 16.3 Å². The number of halogens is 1. The van der Waals surface area contributed by atoms with Crippen molar-refractivity contribution in [3.05, 3.63) is 136 Å². The molecule has 9 heteroatoms. The number of anilines is 1. The fraction of sp³-hybridized carbons (Fsp3) is 0.222. The van der Waals surface area contributed by atoms with Crippen molar-refractivity contribution in [3.63, 3.8) is 0 Å². The van der Waals surface area contributed by atoms with Crippen LogP contribution >= 0.6 is 11.6 Å². The summed E-state index contributed by atoms with van der Waals surface area (Å²) < 4.78 is 4.98. The third-order valence-corrected chi connectivity index (χ3v) is 8.31. The molecular formula is C36H34ClN3O5. The van der Waals surface area contributed by atoms with Crippen LogP contribution in [0.1, 0.15) is 45.7 Å². The van der Waals surface area contributed by atoms with Crippen LogP contribution in [-0.2, 0) is 32.0 Å². The molecule has 0 radical (unpaired) electrons. The van der Waals surface area contributed by atoms with Gasteiger partial charge in [0, 0.05) is 25.5 Å². The molecule has 0 bridgehead atoms. The molecule has 1 aliphatic rings. The summed E-state index contributed by atoms with van der Waals surface area (Å²) >= 11 is 6.28. The molecule has 1 saturated heterocycles. The summed E-state index contributed by atoms with van der Waals surface area (Å²) in [7, 11) is 1.26. The number of carbonyl (C=O) groups excluding carboxylic acids is 4. The first kappa shape index (κ1) is 31.5. The number of methoxy groups -OCH3 is 1. The van der Waals surface area contributed by atoms with Crippen LogP contribution in [0.3, 0.4) is 0 Å². The zero-order valence-corrected chi connectivity index (χ0v) is 26.0. The standard InChI is InChI=1S/C36H34ClN3O5/c1-23-11-10-16-29(37)32(23)33(42)38-30(36(44)45-3)21-26-17-19-28(20-18-26)40-34(27-14-8-5-9-15-27)39(24(2)41)31(35(40)43)22-25-12-6-4-7-13-25/h4-20,30-31,34H,21-22H2,1-3H3,(H,38,42)/t30-,31?,34?/m0/s1. The average Bonchev–Trinajstić information content (AvgIpc) is 3.33. The molecule has 1 fully saturated rings. The van der Waals surface area contributed by atoms with Crippen LogP contribution in [0.5, 0.6) is 0 Å². The predicted octanol–water partition coefficient (Wildman–Crippen LogP) is 5.67. The molecule has 1 N–H and O–H groups in total. The van der Waals surface area contributed by atoms with Crippen LogP contribution in [0, 0.1) is 6.92 Å². The number of ether oxygens (including phenoxy) is 1. The zero-order chi connectivity index (χ0) is 32.1. The third-order valence-electron chi connectivity index (χ3n) is 7.99. The Bertz CT molecular complexity index is 1680. The normalized spacial score (nSPS) is 16.8. The van der Waals surface area contributed by atoms with Gasteiger partial charge < -0.3 is 15.0 Å². The lowest BCUT2D eigenvalue weighted by atomic mass is 10.0. The van der Waals surface area contributed by atoms with E-state index in [1.54, 1.807) is 59.2 Å². The van der Waals surface area contributed by atoms with Crippen LogP contribution in [0.15, 0.2) is 103 Å². The van der Waals surface area contributed by atoms with Gasteiger partial charge in [-0.15, -0.1) is 0 Å². The molecule has 0 saturated carbocycles. The zero-order valence-electron chi connectivity index (χ0n) is 25.3. The van der Waals surface area contributed by atoms with Crippen molar-refractivity contribution < 1.29 is 23.9 Å². The molecule has 1 aliphatic heterocycles. The molecule has 3 atom stereocenters. The molecule has 3 amide bonds. The summed E-state index contributed by atoms with van der Waals surface area (Å²) in [5.41, 5.74) is 4.07. The first-order valence-electron chi connectivity index (χ1n) is 14.6. The smallest absolute Gasteiger partial charge is 0.328 e. The van der Waals surface area contributed by atoms with Gasteiger partial charge in [0.25, 0.3) is 11.8 Å². The number of rotatable bonds is 9. The second-order valence-corrected chi connectivity index (χ2v) is 11.4. The van der Waals surface area contributed by atoms with Gasteiger partial charge in [0.2, 0.25) is 5.91 Å². The lowest BCUT2D eigenvalue weighted by Gasteiger charge is -2.31. The fourth-order valence-electron chi connectivity index (χ4n) is 5.83. The van der Waals surface area contributed by atoms with Gasteiger partial charge in [-0.25, -0.2) is 4.79 Å². The molecule has 0 aromatic heterocycles. The molecule has 0 spiro atoms. The van der Waals surface area contributed by atoms with Crippen molar-refractivity contribution in [3.8, 4) is 0 Å². The summed E-state index contributed by atoms with van der Waals surface area (Å²) in [6.45, 7) is 3.26. The monoisotopic (exact) mass is 623 g/mol. The summed E-state index contributed by atoms with van der Waals surface area (Å²) in [4.78, 5) is 56.4. The van der Waals surface area contributed by atoms with E-state index < -0.39 is 30.1 Å². The molecular weight excluding hydrogens is 590 g/mol. The molecule has 4 aromatic carbocycles. The van der Waals surface area contributed by atoms with Crippen molar-refractivity contribution in [2.75, 3.05) is 12.0 Å². The minimum absolute atomic E-state index is 0.147. The average molecular weight is 624 g/mol. The van der Waals surface area contributed by atoms with E-state index in [2.05, 4.69) is 5.32 Å². The number of nitrogens with zero attached hydrogens (tertiary/aromatic N) is 2. The van der Waals surface area contributed by atoms with Gasteiger partial charge in [0.1, 0.15) is 18.2 Å². The van der Waals surface area contributed by atoms with E-state index in [1.807, 2.05) is 60.7 Å². The van der Waals surface area contributed by atoms with E-state index >= 15 is 0 Å². The van der Waals surface area contributed by atoms with Gasteiger partial charge in [-0.2, -0.15) is 0 Å².